The second kappa shape index (κ2) is 45.6. The summed E-state index contributed by atoms with van der Waals surface area (Å²) in [5.74, 6) is -3.23. The molecule has 0 bridgehead atoms. The molecule has 1 saturated heterocycles. The van der Waals surface area contributed by atoms with Crippen LogP contribution in [0.3, 0.4) is 0 Å². The monoisotopic (exact) mass is 973 g/mol. The number of aliphatic carboxylic acids is 1. The Morgan fingerprint density at radius 2 is 0.942 bits per heavy atom. The standard InChI is InChI=1S/C57H96O12/c1-4-7-10-13-16-19-22-25-28-31-34-37-40-43-49(58)65-46-48(67-50(59)44-41-38-35-32-29-26-23-20-17-14-11-8-5-2)47-66-57-55(53(62)52(61)54(69-57)56(63)64)68-51(60)45-42-39-36-33-30-27-24-21-18-15-12-9-6-3/h7,10,16,19-20,23,25,28,34,37,48,52-55,57,61-62H,4-6,8-9,11-15,17-18,21-22,24,26-27,29-33,35-36,38-47H2,1-3H3,(H,63,64)/b10-7-,19-16-,23-20-,28-25-,37-34-. The Hall–Kier alpha value is -3.58. The summed E-state index contributed by atoms with van der Waals surface area (Å²) in [6, 6.07) is 0. The van der Waals surface area contributed by atoms with Gasteiger partial charge in [-0.25, -0.2) is 4.79 Å². The van der Waals surface area contributed by atoms with E-state index in [-0.39, 0.29) is 25.9 Å². The molecule has 1 fully saturated rings. The van der Waals surface area contributed by atoms with Crippen molar-refractivity contribution in [1.82, 2.24) is 0 Å². The molecule has 0 spiro atoms. The Morgan fingerprint density at radius 3 is 1.46 bits per heavy atom. The van der Waals surface area contributed by atoms with Gasteiger partial charge in [0.1, 0.15) is 18.8 Å². The van der Waals surface area contributed by atoms with Crippen molar-refractivity contribution < 1.29 is 58.2 Å². The van der Waals surface area contributed by atoms with Gasteiger partial charge < -0.3 is 39.0 Å². The quantitative estimate of drug-likeness (QED) is 0.0228. The van der Waals surface area contributed by atoms with Crippen LogP contribution in [0.15, 0.2) is 60.8 Å². The molecule has 12 heteroatoms. The number of aliphatic hydroxyl groups excluding tert-OH is 2. The summed E-state index contributed by atoms with van der Waals surface area (Å²) in [5.41, 5.74) is 0. The van der Waals surface area contributed by atoms with Crippen molar-refractivity contribution in [2.24, 2.45) is 0 Å². The van der Waals surface area contributed by atoms with Crippen LogP contribution in [0.25, 0.3) is 0 Å². The van der Waals surface area contributed by atoms with E-state index in [2.05, 4.69) is 69.4 Å². The molecule has 0 saturated carbocycles. The molecular weight excluding hydrogens is 877 g/mol. The first kappa shape index (κ1) is 63.4. The van der Waals surface area contributed by atoms with E-state index in [1.54, 1.807) is 0 Å². The molecule has 0 aliphatic carbocycles. The summed E-state index contributed by atoms with van der Waals surface area (Å²) in [4.78, 5) is 50.8. The second-order valence-corrected chi connectivity index (χ2v) is 18.5. The summed E-state index contributed by atoms with van der Waals surface area (Å²) in [7, 11) is 0. The molecule has 0 aromatic heterocycles. The predicted molar refractivity (Wildman–Crippen MR) is 275 cm³/mol. The third-order valence-corrected chi connectivity index (χ3v) is 12.1. The van der Waals surface area contributed by atoms with E-state index >= 15 is 0 Å². The van der Waals surface area contributed by atoms with Gasteiger partial charge in [0.25, 0.3) is 0 Å². The van der Waals surface area contributed by atoms with Gasteiger partial charge in [0, 0.05) is 19.3 Å². The lowest BCUT2D eigenvalue weighted by Crippen LogP contribution is -2.61. The van der Waals surface area contributed by atoms with Crippen LogP contribution in [-0.4, -0.2) is 89.2 Å². The van der Waals surface area contributed by atoms with Crippen LogP contribution in [0.2, 0.25) is 0 Å². The van der Waals surface area contributed by atoms with Crippen molar-refractivity contribution in [1.29, 1.82) is 0 Å². The molecule has 0 radical (unpaired) electrons. The molecular formula is C57H96O12. The van der Waals surface area contributed by atoms with E-state index in [1.165, 1.54) is 77.0 Å². The molecule has 6 unspecified atom stereocenters. The van der Waals surface area contributed by atoms with Gasteiger partial charge in [0.15, 0.2) is 24.6 Å². The molecule has 12 nitrogen and oxygen atoms in total. The lowest BCUT2D eigenvalue weighted by atomic mass is 9.98. The first-order valence-electron chi connectivity index (χ1n) is 27.3. The smallest absolute Gasteiger partial charge is 0.335 e. The minimum Gasteiger partial charge on any atom is -0.479 e. The van der Waals surface area contributed by atoms with Crippen molar-refractivity contribution in [3.63, 3.8) is 0 Å². The molecule has 0 aromatic carbocycles. The van der Waals surface area contributed by atoms with Gasteiger partial charge in [-0.05, 0) is 70.6 Å². The summed E-state index contributed by atoms with van der Waals surface area (Å²) in [5, 5.41) is 31.4. The second-order valence-electron chi connectivity index (χ2n) is 18.5. The van der Waals surface area contributed by atoms with Gasteiger partial charge in [-0.15, -0.1) is 0 Å². The van der Waals surface area contributed by atoms with Gasteiger partial charge in [0.2, 0.25) is 0 Å². The average Bonchev–Trinajstić information content (AvgIpc) is 3.33. The third-order valence-electron chi connectivity index (χ3n) is 12.1. The highest BCUT2D eigenvalue weighted by Crippen LogP contribution is 2.26. The molecule has 3 N–H and O–H groups in total. The Bertz CT molecular complexity index is 1440. The van der Waals surface area contributed by atoms with E-state index in [0.717, 1.165) is 89.9 Å². The van der Waals surface area contributed by atoms with Gasteiger partial charge in [0.05, 0.1) is 6.61 Å². The zero-order valence-corrected chi connectivity index (χ0v) is 43.3. The predicted octanol–water partition coefficient (Wildman–Crippen LogP) is 13.2. The van der Waals surface area contributed by atoms with Crippen LogP contribution in [-0.2, 0) is 42.9 Å². The largest absolute Gasteiger partial charge is 0.479 e. The number of carbonyl (C=O) groups excluding carboxylic acids is 3. The van der Waals surface area contributed by atoms with Crippen LogP contribution in [0.4, 0.5) is 0 Å². The fourth-order valence-electron chi connectivity index (χ4n) is 7.90. The number of hydrogen-bond acceptors (Lipinski definition) is 11. The fourth-order valence-corrected chi connectivity index (χ4v) is 7.90. The molecule has 6 atom stereocenters. The van der Waals surface area contributed by atoms with Gasteiger partial charge in [-0.3, -0.25) is 14.4 Å². The molecule has 0 amide bonds. The van der Waals surface area contributed by atoms with Gasteiger partial charge in [-0.1, -0.05) is 197 Å². The van der Waals surface area contributed by atoms with Gasteiger partial charge >= 0.3 is 23.9 Å². The maximum absolute atomic E-state index is 13.1. The fraction of sp³-hybridized carbons (Fsp3) is 0.754. The number of aliphatic hydroxyl groups is 2. The minimum absolute atomic E-state index is 0.0551. The highest BCUT2D eigenvalue weighted by molar-refractivity contribution is 5.74. The molecule has 0 aromatic rings. The average molecular weight is 973 g/mol. The first-order valence-corrected chi connectivity index (χ1v) is 27.3. The maximum atomic E-state index is 13.1. The SMILES string of the molecule is CC/C=C\C/C=C\C/C=C\C/C=C\CCC(=O)OCC(COC1OC(C(=O)O)C(O)C(O)C1OC(=O)CCCCCCCCCCCCCCC)OC(=O)CCCCCCC/C=C\CCCCCC. The van der Waals surface area contributed by atoms with Crippen molar-refractivity contribution in [2.45, 2.75) is 263 Å². The summed E-state index contributed by atoms with van der Waals surface area (Å²) in [6.45, 7) is 5.77. The van der Waals surface area contributed by atoms with Crippen LogP contribution in [0, 0.1) is 0 Å². The number of rotatable bonds is 45. The number of ether oxygens (including phenoxy) is 5. The Labute approximate surface area is 417 Å². The Kier molecular flexibility index (Phi) is 41.9. The number of hydrogen-bond donors (Lipinski definition) is 3. The number of carbonyl (C=O) groups is 4. The topological polar surface area (TPSA) is 175 Å². The highest BCUT2D eigenvalue weighted by Gasteiger charge is 2.50. The van der Waals surface area contributed by atoms with Crippen LogP contribution < -0.4 is 0 Å². The van der Waals surface area contributed by atoms with E-state index in [0.29, 0.717) is 19.3 Å². The Balaban J connectivity index is 2.77. The summed E-state index contributed by atoms with van der Waals surface area (Å²) >= 11 is 0. The molecule has 1 rings (SSSR count). The summed E-state index contributed by atoms with van der Waals surface area (Å²) < 4.78 is 28.2. The molecule has 1 aliphatic heterocycles. The maximum Gasteiger partial charge on any atom is 0.335 e. The lowest BCUT2D eigenvalue weighted by molar-refractivity contribution is -0.301. The first-order chi connectivity index (χ1) is 33.6. The van der Waals surface area contributed by atoms with Gasteiger partial charge in [-0.2, -0.15) is 0 Å². The number of unbranched alkanes of at least 4 members (excludes halogenated alkanes) is 21. The van der Waals surface area contributed by atoms with Crippen LogP contribution >= 0.6 is 0 Å². The normalized spacial score (nSPS) is 19.1. The van der Waals surface area contributed by atoms with Crippen LogP contribution in [0.1, 0.15) is 226 Å². The van der Waals surface area contributed by atoms with E-state index in [9.17, 15) is 34.5 Å². The molecule has 1 aliphatic rings. The molecule has 69 heavy (non-hydrogen) atoms. The van der Waals surface area contributed by atoms with Crippen molar-refractivity contribution in [3.05, 3.63) is 60.8 Å². The van der Waals surface area contributed by atoms with Crippen molar-refractivity contribution in [3.8, 4) is 0 Å². The third kappa shape index (κ3) is 36.1. The van der Waals surface area contributed by atoms with E-state index < -0.39 is 67.3 Å². The van der Waals surface area contributed by atoms with Crippen molar-refractivity contribution in [2.75, 3.05) is 13.2 Å². The van der Waals surface area contributed by atoms with E-state index in [1.807, 2.05) is 12.2 Å². The highest BCUT2D eigenvalue weighted by atomic mass is 16.7. The Morgan fingerprint density at radius 1 is 0.493 bits per heavy atom. The summed E-state index contributed by atoms with van der Waals surface area (Å²) in [6.07, 6.45) is 42.2. The number of carboxylic acids is 1. The number of allylic oxidation sites excluding steroid dienone is 10. The van der Waals surface area contributed by atoms with Crippen LogP contribution in [0.5, 0.6) is 0 Å². The zero-order chi connectivity index (χ0) is 50.4. The van der Waals surface area contributed by atoms with E-state index in [4.69, 9.17) is 23.7 Å². The molecule has 396 valence electrons. The number of esters is 3. The molecule has 1 heterocycles. The minimum atomic E-state index is -1.91. The number of carboxylic acid groups (broad SMARTS) is 1. The van der Waals surface area contributed by atoms with Crippen molar-refractivity contribution >= 4 is 23.9 Å². The lowest BCUT2D eigenvalue weighted by Gasteiger charge is -2.40. The zero-order valence-electron chi connectivity index (χ0n) is 43.3.